The number of carbonyl (C=O) groups is 3. The second-order valence-corrected chi connectivity index (χ2v) is 8.24. The minimum absolute atomic E-state index is 0.000798. The van der Waals surface area contributed by atoms with Crippen LogP contribution in [0.15, 0.2) is 30.3 Å². The molecule has 8 nitrogen and oxygen atoms in total. The number of rotatable bonds is 4. The molecule has 2 amide bonds. The third-order valence-corrected chi connectivity index (χ3v) is 6.07. The van der Waals surface area contributed by atoms with Crippen LogP contribution in [-0.2, 0) is 16.1 Å². The summed E-state index contributed by atoms with van der Waals surface area (Å²) in [6, 6.07) is 7.16. The maximum atomic E-state index is 14.8. The topological polar surface area (TPSA) is 93.5 Å². The fourth-order valence-corrected chi connectivity index (χ4v) is 4.38. The predicted octanol–water partition coefficient (Wildman–Crippen LogP) is 2.68. The Bertz CT molecular complexity index is 1030. The molecule has 0 spiro atoms. The molecular formula is C22H25FN4O4. The zero-order chi connectivity index (χ0) is 22.2. The summed E-state index contributed by atoms with van der Waals surface area (Å²) < 4.78 is 20.8. The van der Waals surface area contributed by atoms with Gasteiger partial charge in [0.15, 0.2) is 5.69 Å². The molecule has 2 heterocycles. The van der Waals surface area contributed by atoms with Gasteiger partial charge in [0.1, 0.15) is 17.1 Å². The molecule has 1 atom stereocenters. The number of nitrogens with one attached hydrogen (secondary N) is 1. The summed E-state index contributed by atoms with van der Waals surface area (Å²) in [5, 5.41) is 7.22. The lowest BCUT2D eigenvalue weighted by Crippen LogP contribution is -2.65. The molecule has 2 aliphatic rings. The molecule has 0 bridgehead atoms. The number of amides is 2. The first kappa shape index (κ1) is 21.0. The Hall–Kier alpha value is -3.23. The molecule has 1 aliphatic heterocycles. The molecule has 1 aromatic carbocycles. The van der Waals surface area contributed by atoms with E-state index in [-0.39, 0.29) is 35.6 Å². The Morgan fingerprint density at radius 1 is 1.23 bits per heavy atom. The first-order chi connectivity index (χ1) is 14.8. The summed E-state index contributed by atoms with van der Waals surface area (Å²) in [5.41, 5.74) is -1.40. The van der Waals surface area contributed by atoms with Crippen LogP contribution in [0.5, 0.6) is 0 Å². The third kappa shape index (κ3) is 3.68. The average molecular weight is 428 g/mol. The highest BCUT2D eigenvalue weighted by Gasteiger charge is 2.50. The number of anilines is 1. The van der Waals surface area contributed by atoms with Crippen LogP contribution >= 0.6 is 0 Å². The normalized spacial score (nSPS) is 21.5. The quantitative estimate of drug-likeness (QED) is 0.756. The van der Waals surface area contributed by atoms with Crippen molar-refractivity contribution in [3.05, 3.63) is 47.5 Å². The number of nitrogens with zero attached hydrogens (tertiary/aromatic N) is 3. The summed E-state index contributed by atoms with van der Waals surface area (Å²) >= 11 is 0. The van der Waals surface area contributed by atoms with Gasteiger partial charge in [0, 0.05) is 12.1 Å². The van der Waals surface area contributed by atoms with Crippen molar-refractivity contribution in [2.45, 2.75) is 57.2 Å². The van der Waals surface area contributed by atoms with Crippen LogP contribution in [0.1, 0.15) is 60.0 Å². The second kappa shape index (κ2) is 8.13. The van der Waals surface area contributed by atoms with Crippen LogP contribution in [0.4, 0.5) is 10.1 Å². The first-order valence-corrected chi connectivity index (χ1v) is 10.4. The molecule has 0 unspecified atom stereocenters. The minimum atomic E-state index is -1.44. The molecule has 2 aromatic rings. The average Bonchev–Trinajstić information content (AvgIpc) is 3.19. The van der Waals surface area contributed by atoms with Gasteiger partial charge in [-0.15, -0.1) is 0 Å². The number of para-hydroxylation sites is 1. The van der Waals surface area contributed by atoms with E-state index in [1.54, 1.807) is 13.0 Å². The van der Waals surface area contributed by atoms with Crippen LogP contribution in [0.3, 0.4) is 0 Å². The van der Waals surface area contributed by atoms with E-state index >= 15 is 0 Å². The van der Waals surface area contributed by atoms with Crippen LogP contribution in [-0.4, -0.2) is 46.3 Å². The molecule has 0 saturated heterocycles. The molecule has 1 fully saturated rings. The van der Waals surface area contributed by atoms with Gasteiger partial charge in [0.05, 0.1) is 19.3 Å². The van der Waals surface area contributed by atoms with Gasteiger partial charge in [-0.1, -0.05) is 31.4 Å². The number of ether oxygens (including phenoxy) is 1. The number of fused-ring (bicyclic) bond motifs is 1. The zero-order valence-corrected chi connectivity index (χ0v) is 17.6. The van der Waals surface area contributed by atoms with Gasteiger partial charge in [0.2, 0.25) is 5.91 Å². The van der Waals surface area contributed by atoms with Crippen molar-refractivity contribution in [2.24, 2.45) is 0 Å². The monoisotopic (exact) mass is 428 g/mol. The highest BCUT2D eigenvalue weighted by atomic mass is 19.1. The van der Waals surface area contributed by atoms with E-state index in [9.17, 15) is 18.8 Å². The van der Waals surface area contributed by atoms with E-state index in [4.69, 9.17) is 4.74 Å². The van der Waals surface area contributed by atoms with Crippen LogP contribution in [0.2, 0.25) is 0 Å². The van der Waals surface area contributed by atoms with Crippen molar-refractivity contribution in [3.8, 4) is 0 Å². The lowest BCUT2D eigenvalue weighted by Gasteiger charge is -2.44. The lowest BCUT2D eigenvalue weighted by atomic mass is 9.91. The SMILES string of the molecule is COC(=O)c1cc2n(n1)C[C@](C)(C(=O)NC1CCCCC1)N(c1ccccc1F)C2=O. The summed E-state index contributed by atoms with van der Waals surface area (Å²) in [6.07, 6.45) is 4.94. The van der Waals surface area contributed by atoms with E-state index in [2.05, 4.69) is 10.4 Å². The number of hydrogen-bond acceptors (Lipinski definition) is 5. The largest absolute Gasteiger partial charge is 0.464 e. The number of hydrogen-bond donors (Lipinski definition) is 1. The van der Waals surface area contributed by atoms with E-state index in [1.807, 2.05) is 0 Å². The van der Waals surface area contributed by atoms with Crippen LogP contribution < -0.4 is 10.2 Å². The first-order valence-electron chi connectivity index (χ1n) is 10.4. The fraction of sp³-hybridized carbons (Fsp3) is 0.455. The van der Waals surface area contributed by atoms with Gasteiger partial charge < -0.3 is 10.1 Å². The van der Waals surface area contributed by atoms with E-state index in [0.29, 0.717) is 0 Å². The van der Waals surface area contributed by atoms with Crippen molar-refractivity contribution in [2.75, 3.05) is 12.0 Å². The van der Waals surface area contributed by atoms with Crippen molar-refractivity contribution in [3.63, 3.8) is 0 Å². The Balaban J connectivity index is 1.77. The van der Waals surface area contributed by atoms with E-state index in [0.717, 1.165) is 32.1 Å². The number of benzene rings is 1. The summed E-state index contributed by atoms with van der Waals surface area (Å²) in [7, 11) is 1.22. The minimum Gasteiger partial charge on any atom is -0.464 e. The molecular weight excluding hydrogens is 403 g/mol. The fourth-order valence-electron chi connectivity index (χ4n) is 4.38. The summed E-state index contributed by atoms with van der Waals surface area (Å²) in [5.74, 6) is -2.30. The van der Waals surface area contributed by atoms with Crippen molar-refractivity contribution in [1.82, 2.24) is 15.1 Å². The van der Waals surface area contributed by atoms with Crippen LogP contribution in [0, 0.1) is 5.82 Å². The van der Waals surface area contributed by atoms with Crippen molar-refractivity contribution in [1.29, 1.82) is 0 Å². The smallest absolute Gasteiger partial charge is 0.358 e. The van der Waals surface area contributed by atoms with Gasteiger partial charge in [-0.25, -0.2) is 9.18 Å². The number of carbonyl (C=O) groups excluding carboxylic acids is 3. The molecule has 31 heavy (non-hydrogen) atoms. The molecule has 4 rings (SSSR count). The van der Waals surface area contributed by atoms with Crippen molar-refractivity contribution >= 4 is 23.5 Å². The Morgan fingerprint density at radius 2 is 1.94 bits per heavy atom. The molecule has 1 N–H and O–H groups in total. The number of halogens is 1. The zero-order valence-electron chi connectivity index (χ0n) is 17.6. The van der Waals surface area contributed by atoms with Gasteiger partial charge >= 0.3 is 5.97 Å². The molecule has 1 aliphatic carbocycles. The third-order valence-electron chi connectivity index (χ3n) is 6.07. The van der Waals surface area contributed by atoms with Gasteiger partial charge in [0.25, 0.3) is 5.91 Å². The molecule has 9 heteroatoms. The van der Waals surface area contributed by atoms with Gasteiger partial charge in [-0.05, 0) is 31.9 Å². The lowest BCUT2D eigenvalue weighted by molar-refractivity contribution is -0.127. The number of esters is 1. The van der Waals surface area contributed by atoms with Gasteiger partial charge in [-0.3, -0.25) is 19.2 Å². The number of methoxy groups -OCH3 is 1. The van der Waals surface area contributed by atoms with Crippen molar-refractivity contribution < 1.29 is 23.5 Å². The maximum Gasteiger partial charge on any atom is 0.358 e. The summed E-state index contributed by atoms with van der Waals surface area (Å²) in [4.78, 5) is 40.1. The Labute approximate surface area is 179 Å². The maximum absolute atomic E-state index is 14.8. The van der Waals surface area contributed by atoms with E-state index < -0.39 is 23.2 Å². The van der Waals surface area contributed by atoms with Gasteiger partial charge in [-0.2, -0.15) is 5.10 Å². The summed E-state index contributed by atoms with van der Waals surface area (Å²) in [6.45, 7) is 1.57. The molecule has 1 saturated carbocycles. The Kier molecular flexibility index (Phi) is 5.51. The molecule has 1 aromatic heterocycles. The van der Waals surface area contributed by atoms with E-state index in [1.165, 1.54) is 41.0 Å². The standard InChI is InChI=1S/C22H25FN4O4/c1-22(21(30)24-14-8-4-3-5-9-14)13-26-18(12-16(25-26)20(29)31-2)19(28)27(22)17-11-7-6-10-15(17)23/h6-7,10-12,14H,3-5,8-9,13H2,1-2H3,(H,24,30)/t22-/m1/s1. The molecule has 164 valence electrons. The predicted molar refractivity (Wildman–Crippen MR) is 110 cm³/mol. The Morgan fingerprint density at radius 3 is 2.61 bits per heavy atom. The van der Waals surface area contributed by atoms with Crippen LogP contribution in [0.25, 0.3) is 0 Å². The number of aromatic nitrogens is 2. The highest BCUT2D eigenvalue weighted by Crippen LogP contribution is 2.34. The molecule has 0 radical (unpaired) electrons. The highest BCUT2D eigenvalue weighted by molar-refractivity contribution is 6.12. The second-order valence-electron chi connectivity index (χ2n) is 8.24.